The van der Waals surface area contributed by atoms with Gasteiger partial charge in [-0.1, -0.05) is 30.3 Å². The summed E-state index contributed by atoms with van der Waals surface area (Å²) in [7, 11) is -3.32. The number of aromatic amines is 1. The molecular weight excluding hydrogens is 605 g/mol. The van der Waals surface area contributed by atoms with Crippen molar-refractivity contribution in [2.45, 2.75) is 50.5 Å². The van der Waals surface area contributed by atoms with Crippen LogP contribution in [0.15, 0.2) is 54.9 Å². The number of alkyl halides is 3. The zero-order valence-electron chi connectivity index (χ0n) is 24.1. The summed E-state index contributed by atoms with van der Waals surface area (Å²) in [4.78, 5) is 44.4. The fraction of sp³-hybridized carbons (Fsp3) is 0.429. The normalized spacial score (nSPS) is 18.1. The second-order valence-corrected chi connectivity index (χ2v) is 12.2. The minimum atomic E-state index is -5.08. The van der Waals surface area contributed by atoms with Gasteiger partial charge >= 0.3 is 12.1 Å². The lowest BCUT2D eigenvalue weighted by Gasteiger charge is -2.39. The SMILES string of the molecule is CC(NC(=O)[C@H]1C[C@@H](c2ccccc2)CCN1CCNS(C)(=O)=O)C(=O)NCc1cc2cnccc2[nH]1.O=C(O)C(F)(F)F. The van der Waals surface area contributed by atoms with Crippen molar-refractivity contribution in [3.8, 4) is 0 Å². The molecule has 0 radical (unpaired) electrons. The van der Waals surface area contributed by atoms with Crippen molar-refractivity contribution in [2.75, 3.05) is 25.9 Å². The zero-order valence-corrected chi connectivity index (χ0v) is 24.9. The molecule has 16 heteroatoms. The molecular formula is C28H35F3N6O6S. The van der Waals surface area contributed by atoms with Gasteiger partial charge in [0.05, 0.1) is 18.8 Å². The van der Waals surface area contributed by atoms with E-state index in [1.165, 1.54) is 5.56 Å². The van der Waals surface area contributed by atoms with E-state index >= 15 is 0 Å². The molecule has 0 bridgehead atoms. The van der Waals surface area contributed by atoms with E-state index in [1.54, 1.807) is 19.3 Å². The Kier molecular flexibility index (Phi) is 11.8. The number of sulfonamides is 1. The molecule has 1 unspecified atom stereocenters. The summed E-state index contributed by atoms with van der Waals surface area (Å²) in [6.07, 6.45) is 0.942. The Morgan fingerprint density at radius 1 is 1.18 bits per heavy atom. The number of rotatable bonds is 10. The number of nitrogens with zero attached hydrogens (tertiary/aromatic N) is 2. The summed E-state index contributed by atoms with van der Waals surface area (Å²) in [6.45, 7) is 3.24. The molecule has 3 aromatic rings. The number of benzene rings is 1. The van der Waals surface area contributed by atoms with Gasteiger partial charge in [0.15, 0.2) is 0 Å². The second-order valence-electron chi connectivity index (χ2n) is 10.4. The van der Waals surface area contributed by atoms with Gasteiger partial charge in [-0.25, -0.2) is 17.9 Å². The van der Waals surface area contributed by atoms with Crippen molar-refractivity contribution >= 4 is 38.7 Å². The molecule has 12 nitrogen and oxygen atoms in total. The number of fused-ring (bicyclic) bond motifs is 1. The van der Waals surface area contributed by atoms with Crippen LogP contribution < -0.4 is 15.4 Å². The van der Waals surface area contributed by atoms with Crippen molar-refractivity contribution in [2.24, 2.45) is 0 Å². The lowest BCUT2D eigenvalue weighted by Crippen LogP contribution is -2.56. The molecule has 1 aliphatic rings. The van der Waals surface area contributed by atoms with E-state index in [0.717, 1.165) is 29.3 Å². The zero-order chi connectivity index (χ0) is 32.5. The van der Waals surface area contributed by atoms with Gasteiger partial charge in [-0.15, -0.1) is 0 Å². The highest BCUT2D eigenvalue weighted by molar-refractivity contribution is 7.88. The Balaban J connectivity index is 0.000000676. The van der Waals surface area contributed by atoms with E-state index < -0.39 is 34.3 Å². The fourth-order valence-corrected chi connectivity index (χ4v) is 5.26. The third kappa shape index (κ3) is 10.6. The number of carboxylic acid groups (broad SMARTS) is 1. The van der Waals surface area contributed by atoms with E-state index in [0.29, 0.717) is 26.1 Å². The Labute approximate surface area is 252 Å². The minimum absolute atomic E-state index is 0.205. The third-order valence-corrected chi connectivity index (χ3v) is 7.70. The van der Waals surface area contributed by atoms with Crippen molar-refractivity contribution < 1.29 is 41.1 Å². The highest BCUT2D eigenvalue weighted by Crippen LogP contribution is 2.31. The summed E-state index contributed by atoms with van der Waals surface area (Å²) >= 11 is 0. The maximum atomic E-state index is 13.4. The quantitative estimate of drug-likeness (QED) is 0.224. The van der Waals surface area contributed by atoms with Crippen molar-refractivity contribution in [3.63, 3.8) is 0 Å². The van der Waals surface area contributed by atoms with Crippen LogP contribution in [0.5, 0.6) is 0 Å². The smallest absolute Gasteiger partial charge is 0.475 e. The van der Waals surface area contributed by atoms with Gasteiger partial charge in [0.1, 0.15) is 6.04 Å². The number of H-pyrrole nitrogens is 1. The van der Waals surface area contributed by atoms with E-state index in [1.807, 2.05) is 35.2 Å². The molecule has 1 aromatic carbocycles. The number of carbonyl (C=O) groups excluding carboxylic acids is 2. The molecule has 44 heavy (non-hydrogen) atoms. The highest BCUT2D eigenvalue weighted by atomic mass is 32.2. The molecule has 0 aliphatic carbocycles. The van der Waals surface area contributed by atoms with Gasteiger partial charge in [0, 0.05) is 42.1 Å². The molecule has 1 fully saturated rings. The molecule has 1 saturated heterocycles. The number of nitrogens with one attached hydrogen (secondary N) is 4. The van der Waals surface area contributed by atoms with Crippen LogP contribution in [-0.2, 0) is 31.0 Å². The third-order valence-electron chi connectivity index (χ3n) is 6.97. The average Bonchev–Trinajstić information content (AvgIpc) is 3.39. The van der Waals surface area contributed by atoms with Crippen LogP contribution in [0.2, 0.25) is 0 Å². The number of pyridine rings is 1. The van der Waals surface area contributed by atoms with Crippen LogP contribution in [0.1, 0.15) is 36.9 Å². The first-order valence-corrected chi connectivity index (χ1v) is 15.6. The number of hydrogen-bond acceptors (Lipinski definition) is 7. The monoisotopic (exact) mass is 640 g/mol. The number of hydrogen-bond donors (Lipinski definition) is 5. The predicted molar refractivity (Wildman–Crippen MR) is 156 cm³/mol. The highest BCUT2D eigenvalue weighted by Gasteiger charge is 2.38. The van der Waals surface area contributed by atoms with Crippen LogP contribution in [0.4, 0.5) is 13.2 Å². The largest absolute Gasteiger partial charge is 0.490 e. The van der Waals surface area contributed by atoms with Gasteiger partial charge in [0.25, 0.3) is 0 Å². The molecule has 0 spiro atoms. The molecule has 2 aromatic heterocycles. The Bertz CT molecular complexity index is 1500. The Hall–Kier alpha value is -4.02. The maximum absolute atomic E-state index is 13.4. The predicted octanol–water partition coefficient (Wildman–Crippen LogP) is 2.11. The van der Waals surface area contributed by atoms with Gasteiger partial charge in [-0.2, -0.15) is 13.2 Å². The Morgan fingerprint density at radius 3 is 2.48 bits per heavy atom. The summed E-state index contributed by atoms with van der Waals surface area (Å²) in [5.74, 6) is -3.07. The van der Waals surface area contributed by atoms with E-state index in [4.69, 9.17) is 9.90 Å². The van der Waals surface area contributed by atoms with Crippen LogP contribution in [0, 0.1) is 0 Å². The minimum Gasteiger partial charge on any atom is -0.475 e. The topological polar surface area (TPSA) is 174 Å². The average molecular weight is 641 g/mol. The summed E-state index contributed by atoms with van der Waals surface area (Å²) in [5.41, 5.74) is 2.96. The standard InChI is InChI=1S/C26H34N6O4S.C2HF3O2/c1-18(25(33)28-17-22-14-21-16-27-10-8-23(21)31-22)30-26(34)24-15-20(19-6-4-3-5-7-19)9-12-32(24)13-11-29-37(2,35)36;3-2(4,5)1(6)7/h3-8,10,14,16,18,20,24,29,31H,9,11-13,15,17H2,1-2H3,(H,28,33)(H,30,34);(H,6,7)/t18?,20-,24+;/m0./s1. The number of aliphatic carboxylic acids is 1. The number of amides is 2. The van der Waals surface area contributed by atoms with Gasteiger partial charge < -0.3 is 20.7 Å². The number of piperidine rings is 1. The van der Waals surface area contributed by atoms with Crippen molar-refractivity contribution in [3.05, 3.63) is 66.1 Å². The molecule has 1 aliphatic heterocycles. The maximum Gasteiger partial charge on any atom is 0.490 e. The van der Waals surface area contributed by atoms with Crippen LogP contribution in [-0.4, -0.2) is 90.3 Å². The Morgan fingerprint density at radius 2 is 1.86 bits per heavy atom. The second kappa shape index (κ2) is 15.1. The molecule has 5 N–H and O–H groups in total. The molecule has 240 valence electrons. The number of carbonyl (C=O) groups is 3. The first-order chi connectivity index (χ1) is 20.6. The fourth-order valence-electron chi connectivity index (χ4n) is 4.80. The summed E-state index contributed by atoms with van der Waals surface area (Å²) < 4.78 is 57.2. The molecule has 4 rings (SSSR count). The van der Waals surface area contributed by atoms with Crippen molar-refractivity contribution in [1.29, 1.82) is 0 Å². The number of likely N-dealkylation sites (tertiary alicyclic amines) is 1. The molecule has 3 heterocycles. The first kappa shape index (κ1) is 34.5. The summed E-state index contributed by atoms with van der Waals surface area (Å²) in [5, 5.41) is 13.8. The first-order valence-electron chi connectivity index (χ1n) is 13.7. The number of aromatic nitrogens is 2. The number of carboxylic acids is 1. The van der Waals surface area contributed by atoms with E-state index in [9.17, 15) is 31.2 Å². The lowest BCUT2D eigenvalue weighted by atomic mass is 9.85. The van der Waals surface area contributed by atoms with Gasteiger partial charge in [0.2, 0.25) is 21.8 Å². The van der Waals surface area contributed by atoms with Gasteiger partial charge in [-0.05, 0) is 49.9 Å². The molecule has 0 saturated carbocycles. The van der Waals surface area contributed by atoms with Crippen LogP contribution in [0.3, 0.4) is 0 Å². The van der Waals surface area contributed by atoms with Gasteiger partial charge in [-0.3, -0.25) is 19.5 Å². The lowest BCUT2D eigenvalue weighted by molar-refractivity contribution is -0.192. The summed E-state index contributed by atoms with van der Waals surface area (Å²) in [6, 6.07) is 12.7. The van der Waals surface area contributed by atoms with Crippen molar-refractivity contribution in [1.82, 2.24) is 30.2 Å². The van der Waals surface area contributed by atoms with Crippen LogP contribution >= 0.6 is 0 Å². The van der Waals surface area contributed by atoms with E-state index in [-0.39, 0.29) is 24.3 Å². The number of halogens is 3. The van der Waals surface area contributed by atoms with E-state index in [2.05, 4.69) is 37.5 Å². The molecule has 3 atom stereocenters. The van der Waals surface area contributed by atoms with Crippen LogP contribution in [0.25, 0.3) is 10.9 Å². The molecule has 2 amide bonds.